The first-order valence-corrected chi connectivity index (χ1v) is 16.3. The zero-order valence-corrected chi connectivity index (χ0v) is 24.8. The lowest BCUT2D eigenvalue weighted by molar-refractivity contribution is -0.914. The Labute approximate surface area is 225 Å². The second-order valence-electron chi connectivity index (χ2n) is 11.2. The topological polar surface area (TPSA) is 27.7 Å². The van der Waals surface area contributed by atoms with Gasteiger partial charge in [0, 0.05) is 26.4 Å². The van der Waals surface area contributed by atoms with Crippen molar-refractivity contribution in [3.63, 3.8) is 0 Å². The van der Waals surface area contributed by atoms with Crippen LogP contribution in [0.3, 0.4) is 0 Å². The molecule has 0 saturated carbocycles. The van der Waals surface area contributed by atoms with Crippen LogP contribution in [-0.2, 0) is 20.0 Å². The minimum absolute atomic E-state index is 0.273. The Morgan fingerprint density at radius 2 is 1.31 bits per heavy atom. The van der Waals surface area contributed by atoms with E-state index in [1.54, 1.807) is 7.11 Å². The van der Waals surface area contributed by atoms with Gasteiger partial charge < -0.3 is 18.1 Å². The summed E-state index contributed by atoms with van der Waals surface area (Å²) in [5.74, 6) is 0. The average molecular weight is 523 g/mol. The second kappa shape index (κ2) is 20.5. The van der Waals surface area contributed by atoms with E-state index in [0.29, 0.717) is 0 Å². The lowest BCUT2D eigenvalue weighted by atomic mass is 10.0. The monoisotopic (exact) mass is 522 g/mol. The van der Waals surface area contributed by atoms with Crippen molar-refractivity contribution in [3.8, 4) is 0 Å². The summed E-state index contributed by atoms with van der Waals surface area (Å²) in [7, 11) is 2.91. The zero-order valence-electron chi connectivity index (χ0n) is 23.9. The van der Waals surface area contributed by atoms with Crippen molar-refractivity contribution in [2.75, 3.05) is 40.4 Å². The van der Waals surface area contributed by atoms with Gasteiger partial charge in [0.15, 0.2) is 0 Å². The quantitative estimate of drug-likeness (QED) is 0.0863. The fraction of sp³-hybridized carbons (Fsp3) is 0.806. The molecule has 1 saturated heterocycles. The van der Waals surface area contributed by atoms with Gasteiger partial charge in [0.25, 0.3) is 0 Å². The number of rotatable bonds is 22. The second-order valence-corrected chi connectivity index (χ2v) is 12.4. The van der Waals surface area contributed by atoms with Crippen LogP contribution in [0.4, 0.5) is 0 Å². The van der Waals surface area contributed by atoms with Gasteiger partial charge in [0.2, 0.25) is 0 Å². The van der Waals surface area contributed by atoms with Gasteiger partial charge in [-0.1, -0.05) is 121 Å². The van der Waals surface area contributed by atoms with Gasteiger partial charge in [0.05, 0.1) is 39.4 Å². The molecule has 0 aliphatic carbocycles. The van der Waals surface area contributed by atoms with E-state index < -0.39 is 8.60 Å². The fourth-order valence-electron chi connectivity index (χ4n) is 5.22. The van der Waals surface area contributed by atoms with Gasteiger partial charge in [-0.3, -0.25) is 0 Å². The predicted molar refractivity (Wildman–Crippen MR) is 155 cm³/mol. The number of unbranched alkanes of at least 4 members (excludes halogenated alkanes) is 13. The molecule has 1 aromatic carbocycles. The van der Waals surface area contributed by atoms with Crippen molar-refractivity contribution in [1.82, 2.24) is 0 Å². The number of hydrogen-bond acceptors (Lipinski definition) is 3. The standard InChI is InChI=1S/C31H57NO3P/c1-4-5-6-7-8-9-10-11-12-13-14-15-16-20-29-34-36(33-3)35-31-24-27-32(2,28-25-31)26-23-30-21-18-17-19-22-30/h17-19,21-22,31H,4-16,20,23-29H2,1-3H3/q+1. The number of nitrogens with zero attached hydrogens (tertiary/aromatic N) is 1. The minimum atomic E-state index is -1.20. The summed E-state index contributed by atoms with van der Waals surface area (Å²) in [6.07, 6.45) is 22.9. The van der Waals surface area contributed by atoms with Crippen molar-refractivity contribution in [1.29, 1.82) is 0 Å². The number of hydrogen-bond donors (Lipinski definition) is 0. The molecule has 36 heavy (non-hydrogen) atoms. The molecule has 1 aliphatic heterocycles. The lowest BCUT2D eigenvalue weighted by Crippen LogP contribution is -2.52. The first-order valence-electron chi connectivity index (χ1n) is 15.2. The van der Waals surface area contributed by atoms with Crippen molar-refractivity contribution in [2.24, 2.45) is 0 Å². The first kappa shape index (κ1) is 31.7. The number of quaternary nitrogens is 1. The van der Waals surface area contributed by atoms with Crippen LogP contribution in [0.15, 0.2) is 30.3 Å². The third-order valence-corrected chi connectivity index (χ3v) is 9.01. The highest BCUT2D eigenvalue weighted by Gasteiger charge is 2.32. The van der Waals surface area contributed by atoms with E-state index in [9.17, 15) is 0 Å². The molecule has 0 bridgehead atoms. The Morgan fingerprint density at radius 3 is 1.83 bits per heavy atom. The van der Waals surface area contributed by atoms with Crippen LogP contribution in [0.25, 0.3) is 0 Å². The molecule has 1 aromatic rings. The number of benzene rings is 1. The summed E-state index contributed by atoms with van der Waals surface area (Å²) in [5, 5.41) is 0. The highest BCUT2D eigenvalue weighted by atomic mass is 31.2. The summed E-state index contributed by atoms with van der Waals surface area (Å²) < 4.78 is 18.9. The van der Waals surface area contributed by atoms with Crippen LogP contribution in [0.2, 0.25) is 0 Å². The third-order valence-electron chi connectivity index (χ3n) is 7.84. The van der Waals surface area contributed by atoms with Gasteiger partial charge >= 0.3 is 8.60 Å². The predicted octanol–water partition coefficient (Wildman–Crippen LogP) is 9.23. The first-order chi connectivity index (χ1) is 17.6. The molecule has 1 heterocycles. The smallest absolute Gasteiger partial charge is 0.326 e. The molecule has 5 heteroatoms. The Bertz CT molecular complexity index is 622. The fourth-order valence-corrected chi connectivity index (χ4v) is 6.21. The zero-order chi connectivity index (χ0) is 25.7. The summed E-state index contributed by atoms with van der Waals surface area (Å²) >= 11 is 0. The van der Waals surface area contributed by atoms with E-state index in [1.165, 1.54) is 109 Å². The van der Waals surface area contributed by atoms with E-state index in [2.05, 4.69) is 44.3 Å². The van der Waals surface area contributed by atoms with Crippen molar-refractivity contribution >= 4 is 8.60 Å². The molecule has 2 rings (SSSR count). The average Bonchev–Trinajstić information content (AvgIpc) is 2.91. The maximum Gasteiger partial charge on any atom is 0.332 e. The molecule has 0 spiro atoms. The summed E-state index contributed by atoms with van der Waals surface area (Å²) in [6.45, 7) is 6.59. The van der Waals surface area contributed by atoms with E-state index in [-0.39, 0.29) is 6.10 Å². The van der Waals surface area contributed by atoms with Crippen molar-refractivity contribution in [2.45, 2.75) is 122 Å². The molecule has 208 valence electrons. The molecular formula is C31H57NO3P+. The summed E-state index contributed by atoms with van der Waals surface area (Å²) in [5.41, 5.74) is 1.44. The Morgan fingerprint density at radius 1 is 0.778 bits per heavy atom. The molecular weight excluding hydrogens is 465 g/mol. The van der Waals surface area contributed by atoms with Gasteiger partial charge in [0.1, 0.15) is 0 Å². The van der Waals surface area contributed by atoms with Crippen LogP contribution < -0.4 is 0 Å². The Hall–Kier alpha value is -0.510. The highest BCUT2D eigenvalue weighted by molar-refractivity contribution is 7.41. The van der Waals surface area contributed by atoms with Crippen LogP contribution in [0.5, 0.6) is 0 Å². The SMILES string of the molecule is CCCCCCCCCCCCCCCCOP(OC)OC1CC[N+](C)(CCc2ccccc2)CC1. The molecule has 0 aromatic heterocycles. The van der Waals surface area contributed by atoms with E-state index in [4.69, 9.17) is 13.6 Å². The summed E-state index contributed by atoms with van der Waals surface area (Å²) in [4.78, 5) is 0. The molecule has 1 fully saturated rings. The number of piperidine rings is 1. The maximum atomic E-state index is 6.23. The largest absolute Gasteiger partial charge is 0.332 e. The highest BCUT2D eigenvalue weighted by Crippen LogP contribution is 2.42. The van der Waals surface area contributed by atoms with Gasteiger partial charge in [-0.25, -0.2) is 0 Å². The molecule has 0 N–H and O–H groups in total. The van der Waals surface area contributed by atoms with Crippen molar-refractivity contribution < 1.29 is 18.1 Å². The van der Waals surface area contributed by atoms with E-state index in [0.717, 1.165) is 36.8 Å². The van der Waals surface area contributed by atoms with Crippen LogP contribution in [0, 0.1) is 0 Å². The normalized spacial score (nSPS) is 21.0. The van der Waals surface area contributed by atoms with E-state index in [1.807, 2.05) is 0 Å². The molecule has 1 unspecified atom stereocenters. The van der Waals surface area contributed by atoms with Crippen LogP contribution in [0.1, 0.15) is 115 Å². The maximum absolute atomic E-state index is 6.23. The van der Waals surface area contributed by atoms with Gasteiger partial charge in [-0.2, -0.15) is 0 Å². The molecule has 0 amide bonds. The summed E-state index contributed by atoms with van der Waals surface area (Å²) in [6, 6.07) is 10.9. The third kappa shape index (κ3) is 15.0. The number of likely N-dealkylation sites (N-methyl/N-ethyl adjacent to an activating group) is 1. The lowest BCUT2D eigenvalue weighted by Gasteiger charge is -2.40. The molecule has 1 atom stereocenters. The molecule has 0 radical (unpaired) electrons. The number of likely N-dealkylation sites (tertiary alicyclic amines) is 1. The Balaban J connectivity index is 1.42. The van der Waals surface area contributed by atoms with Gasteiger partial charge in [-0.15, -0.1) is 0 Å². The van der Waals surface area contributed by atoms with Crippen LogP contribution >= 0.6 is 8.60 Å². The minimum Gasteiger partial charge on any atom is -0.326 e. The molecule has 4 nitrogen and oxygen atoms in total. The van der Waals surface area contributed by atoms with Crippen molar-refractivity contribution in [3.05, 3.63) is 35.9 Å². The van der Waals surface area contributed by atoms with Crippen LogP contribution in [-0.4, -0.2) is 51.0 Å². The molecule has 1 aliphatic rings. The van der Waals surface area contributed by atoms with Gasteiger partial charge in [-0.05, 0) is 12.0 Å². The van der Waals surface area contributed by atoms with E-state index >= 15 is 0 Å². The Kier molecular flexibility index (Phi) is 18.0.